The Bertz CT molecular complexity index is 841. The monoisotopic (exact) mass is 341 g/mol. The first-order chi connectivity index (χ1) is 10.9. The lowest BCUT2D eigenvalue weighted by molar-refractivity contribution is -0.383. The van der Waals surface area contributed by atoms with E-state index in [-0.39, 0.29) is 17.2 Å². The van der Waals surface area contributed by atoms with Gasteiger partial charge in [0.2, 0.25) is 15.5 Å². The van der Waals surface area contributed by atoms with E-state index < -0.39 is 14.9 Å². The van der Waals surface area contributed by atoms with Gasteiger partial charge >= 0.3 is 5.69 Å². The Balaban J connectivity index is 1.77. The molecule has 0 radical (unpaired) electrons. The fourth-order valence-electron chi connectivity index (χ4n) is 2.67. The summed E-state index contributed by atoms with van der Waals surface area (Å²) in [6, 6.07) is 2.96. The van der Waals surface area contributed by atoms with E-state index in [1.807, 2.05) is 0 Å². The Morgan fingerprint density at radius 2 is 1.96 bits per heavy atom. The predicted octanol–water partition coefficient (Wildman–Crippen LogP) is 0.967. The van der Waals surface area contributed by atoms with Gasteiger partial charge in [-0.1, -0.05) is 0 Å². The Labute approximate surface area is 131 Å². The van der Waals surface area contributed by atoms with Crippen LogP contribution >= 0.6 is 0 Å². The normalized spacial score (nSPS) is 17.4. The molecule has 1 aromatic carbocycles. The molecule has 11 heteroatoms. The third-order valence-electron chi connectivity index (χ3n) is 3.87. The molecule has 0 aliphatic carbocycles. The molecule has 3 rings (SSSR count). The molecule has 2 heterocycles. The molecular formula is C12H15N5O5S. The standard InChI is InChI=1S/C12H15N5O5S/c1-23(20,21)16-6-4-8(5-7-16)13-9-2-3-10(17(18)19)12-11(9)14-22-15-12/h2-3,8,13H,4-7H2,1H3. The number of aromatic nitrogens is 2. The predicted molar refractivity (Wildman–Crippen MR) is 81.5 cm³/mol. The summed E-state index contributed by atoms with van der Waals surface area (Å²) in [5, 5.41) is 21.5. The Kier molecular flexibility index (Phi) is 3.90. The molecule has 124 valence electrons. The zero-order chi connectivity index (χ0) is 16.6. The number of hydrogen-bond acceptors (Lipinski definition) is 8. The smallest absolute Gasteiger partial charge is 0.300 e. The summed E-state index contributed by atoms with van der Waals surface area (Å²) in [5.74, 6) is 0. The van der Waals surface area contributed by atoms with Crippen molar-refractivity contribution in [3.05, 3.63) is 22.2 Å². The van der Waals surface area contributed by atoms with E-state index in [1.165, 1.54) is 16.6 Å². The minimum absolute atomic E-state index is 0.0503. The van der Waals surface area contributed by atoms with Gasteiger partial charge in [-0.25, -0.2) is 17.4 Å². The van der Waals surface area contributed by atoms with Crippen LogP contribution < -0.4 is 5.32 Å². The lowest BCUT2D eigenvalue weighted by atomic mass is 10.1. The number of nitro benzene ring substituents is 1. The fraction of sp³-hybridized carbons (Fsp3) is 0.500. The third-order valence-corrected chi connectivity index (χ3v) is 5.18. The highest BCUT2D eigenvalue weighted by Gasteiger charge is 2.26. The second kappa shape index (κ2) is 5.74. The Morgan fingerprint density at radius 3 is 2.57 bits per heavy atom. The lowest BCUT2D eigenvalue weighted by Crippen LogP contribution is -2.41. The van der Waals surface area contributed by atoms with Crippen LogP contribution in [0.4, 0.5) is 11.4 Å². The number of non-ortho nitro benzene ring substituents is 1. The van der Waals surface area contributed by atoms with Crippen LogP contribution in [0, 0.1) is 10.1 Å². The SMILES string of the molecule is CS(=O)(=O)N1CCC(Nc2ccc([N+](=O)[O-])c3nonc23)CC1. The highest BCUT2D eigenvalue weighted by Crippen LogP contribution is 2.30. The van der Waals surface area contributed by atoms with E-state index in [2.05, 4.69) is 20.3 Å². The van der Waals surface area contributed by atoms with Crippen LogP contribution in [0.25, 0.3) is 11.0 Å². The van der Waals surface area contributed by atoms with E-state index in [0.717, 1.165) is 0 Å². The van der Waals surface area contributed by atoms with Gasteiger partial charge in [0.25, 0.3) is 0 Å². The first-order valence-electron chi connectivity index (χ1n) is 6.97. The number of nitrogens with one attached hydrogen (secondary N) is 1. The molecule has 1 aliphatic rings. The largest absolute Gasteiger partial charge is 0.380 e. The second-order valence-corrected chi connectivity index (χ2v) is 7.41. The summed E-state index contributed by atoms with van der Waals surface area (Å²) in [6.45, 7) is 0.868. The average Bonchev–Trinajstić information content (AvgIpc) is 2.96. The van der Waals surface area contributed by atoms with E-state index >= 15 is 0 Å². The van der Waals surface area contributed by atoms with Crippen molar-refractivity contribution in [3.63, 3.8) is 0 Å². The summed E-state index contributed by atoms with van der Waals surface area (Å²) < 4.78 is 29.1. The number of rotatable bonds is 4. The molecule has 0 saturated carbocycles. The van der Waals surface area contributed by atoms with Crippen molar-refractivity contribution in [1.29, 1.82) is 0 Å². The van der Waals surface area contributed by atoms with Gasteiger partial charge in [0.15, 0.2) is 5.52 Å². The van der Waals surface area contributed by atoms with Crippen LogP contribution in [0.2, 0.25) is 0 Å². The number of piperidine rings is 1. The van der Waals surface area contributed by atoms with E-state index in [9.17, 15) is 18.5 Å². The molecule has 0 atom stereocenters. The summed E-state index contributed by atoms with van der Waals surface area (Å²) >= 11 is 0. The van der Waals surface area contributed by atoms with Crippen LogP contribution in [0.5, 0.6) is 0 Å². The number of sulfonamides is 1. The highest BCUT2D eigenvalue weighted by molar-refractivity contribution is 7.88. The summed E-state index contributed by atoms with van der Waals surface area (Å²) in [6.07, 6.45) is 2.47. The van der Waals surface area contributed by atoms with E-state index in [0.29, 0.717) is 37.1 Å². The van der Waals surface area contributed by atoms with Crippen molar-refractivity contribution in [3.8, 4) is 0 Å². The number of nitrogens with zero attached hydrogens (tertiary/aromatic N) is 4. The summed E-state index contributed by atoms with van der Waals surface area (Å²) in [4.78, 5) is 10.4. The molecule has 1 N–H and O–H groups in total. The number of nitro groups is 1. The molecule has 1 fully saturated rings. The Hall–Kier alpha value is -2.27. The molecule has 0 unspecified atom stereocenters. The molecule has 0 spiro atoms. The van der Waals surface area contributed by atoms with Crippen molar-refractivity contribution in [2.24, 2.45) is 0 Å². The van der Waals surface area contributed by atoms with Crippen molar-refractivity contribution in [2.45, 2.75) is 18.9 Å². The fourth-order valence-corrected chi connectivity index (χ4v) is 3.54. The minimum atomic E-state index is -3.17. The summed E-state index contributed by atoms with van der Waals surface area (Å²) in [5.41, 5.74) is 0.807. The first-order valence-corrected chi connectivity index (χ1v) is 8.82. The minimum Gasteiger partial charge on any atom is -0.380 e. The second-order valence-electron chi connectivity index (χ2n) is 5.43. The molecule has 1 aliphatic heterocycles. The molecule has 1 aromatic heterocycles. The number of anilines is 1. The third kappa shape index (κ3) is 3.10. The molecule has 23 heavy (non-hydrogen) atoms. The van der Waals surface area contributed by atoms with Crippen molar-refractivity contribution in [1.82, 2.24) is 14.6 Å². The topological polar surface area (TPSA) is 131 Å². The molecule has 1 saturated heterocycles. The maximum Gasteiger partial charge on any atom is 0.300 e. The van der Waals surface area contributed by atoms with Crippen molar-refractivity contribution >= 4 is 32.4 Å². The highest BCUT2D eigenvalue weighted by atomic mass is 32.2. The van der Waals surface area contributed by atoms with Crippen LogP contribution in [0.1, 0.15) is 12.8 Å². The zero-order valence-electron chi connectivity index (χ0n) is 12.3. The first kappa shape index (κ1) is 15.6. The molecule has 0 amide bonds. The molecular weight excluding hydrogens is 326 g/mol. The van der Waals surface area contributed by atoms with Gasteiger partial charge in [-0.15, -0.1) is 0 Å². The van der Waals surface area contributed by atoms with Gasteiger partial charge in [-0.3, -0.25) is 10.1 Å². The van der Waals surface area contributed by atoms with E-state index in [1.54, 1.807) is 6.07 Å². The van der Waals surface area contributed by atoms with Gasteiger partial charge in [-0.05, 0) is 29.2 Å². The van der Waals surface area contributed by atoms with Crippen LogP contribution in [0.3, 0.4) is 0 Å². The van der Waals surface area contributed by atoms with Crippen molar-refractivity contribution in [2.75, 3.05) is 24.7 Å². The molecule has 10 nitrogen and oxygen atoms in total. The number of hydrogen-bond donors (Lipinski definition) is 1. The van der Waals surface area contributed by atoms with Gasteiger partial charge in [0.1, 0.15) is 0 Å². The quantitative estimate of drug-likeness (QED) is 0.642. The number of fused-ring (bicyclic) bond motifs is 1. The summed E-state index contributed by atoms with van der Waals surface area (Å²) in [7, 11) is -3.17. The molecule has 0 bridgehead atoms. The Morgan fingerprint density at radius 1 is 1.30 bits per heavy atom. The van der Waals surface area contributed by atoms with Gasteiger partial charge < -0.3 is 5.32 Å². The van der Waals surface area contributed by atoms with Gasteiger partial charge in [-0.2, -0.15) is 0 Å². The number of benzene rings is 1. The molecule has 2 aromatic rings. The van der Waals surface area contributed by atoms with Crippen LogP contribution in [-0.4, -0.2) is 53.3 Å². The van der Waals surface area contributed by atoms with E-state index in [4.69, 9.17) is 0 Å². The van der Waals surface area contributed by atoms with Crippen LogP contribution in [0.15, 0.2) is 16.8 Å². The van der Waals surface area contributed by atoms with Crippen LogP contribution in [-0.2, 0) is 10.0 Å². The van der Waals surface area contributed by atoms with Crippen molar-refractivity contribution < 1.29 is 18.0 Å². The average molecular weight is 341 g/mol. The zero-order valence-corrected chi connectivity index (χ0v) is 13.1. The van der Waals surface area contributed by atoms with Gasteiger partial charge in [0.05, 0.1) is 16.9 Å². The maximum absolute atomic E-state index is 11.5. The van der Waals surface area contributed by atoms with Gasteiger partial charge in [0, 0.05) is 25.2 Å². The lowest BCUT2D eigenvalue weighted by Gasteiger charge is -2.31. The maximum atomic E-state index is 11.5.